The summed E-state index contributed by atoms with van der Waals surface area (Å²) in [4.78, 5) is 11.8. The van der Waals surface area contributed by atoms with Crippen LogP contribution in [-0.4, -0.2) is 17.6 Å². The van der Waals surface area contributed by atoms with E-state index in [1.165, 1.54) is 6.07 Å². The Morgan fingerprint density at radius 2 is 1.95 bits per heavy atom. The van der Waals surface area contributed by atoms with E-state index in [0.29, 0.717) is 17.7 Å². The normalized spacial score (nSPS) is 15.3. The number of fused-ring (bicyclic) bond motifs is 1. The van der Waals surface area contributed by atoms with Crippen LogP contribution in [0.4, 0.5) is 8.78 Å². The van der Waals surface area contributed by atoms with Crippen molar-refractivity contribution in [3.8, 4) is 0 Å². The number of nitrogens with one attached hydrogen (secondary N) is 1. The number of amides is 1. The van der Waals surface area contributed by atoms with Gasteiger partial charge in [-0.2, -0.15) is 0 Å². The number of hydrogen-bond donors (Lipinski definition) is 2. The Bertz CT molecular complexity index is 715. The fraction of sp³-hybridized carbons (Fsp3) is 0.188. The highest BCUT2D eigenvalue weighted by Gasteiger charge is 2.21. The summed E-state index contributed by atoms with van der Waals surface area (Å²) in [5.74, 6) is -1.72. The zero-order chi connectivity index (χ0) is 15.0. The van der Waals surface area contributed by atoms with Gasteiger partial charge in [-0.05, 0) is 29.7 Å². The number of benzene rings is 2. The minimum Gasteiger partial charge on any atom is -0.384 e. The van der Waals surface area contributed by atoms with Crippen LogP contribution in [0.1, 0.15) is 33.2 Å². The summed E-state index contributed by atoms with van der Waals surface area (Å²) in [5, 5.41) is 13.0. The van der Waals surface area contributed by atoms with Gasteiger partial charge in [0.1, 0.15) is 17.7 Å². The molecule has 2 aromatic rings. The number of halogens is 2. The van der Waals surface area contributed by atoms with E-state index in [4.69, 9.17) is 0 Å². The SMILES string of the molecule is O=C1NCCc2ccc(C(O)c3ccc(F)cc3F)cc21. The first kappa shape index (κ1) is 13.7. The van der Waals surface area contributed by atoms with E-state index < -0.39 is 17.7 Å². The zero-order valence-electron chi connectivity index (χ0n) is 11.1. The van der Waals surface area contributed by atoms with Crippen LogP contribution in [0.3, 0.4) is 0 Å². The van der Waals surface area contributed by atoms with Crippen LogP contribution in [0.15, 0.2) is 36.4 Å². The molecule has 1 atom stereocenters. The van der Waals surface area contributed by atoms with Gasteiger partial charge in [0.25, 0.3) is 5.91 Å². The zero-order valence-corrected chi connectivity index (χ0v) is 11.1. The van der Waals surface area contributed by atoms with Crippen LogP contribution in [-0.2, 0) is 6.42 Å². The molecule has 1 aliphatic heterocycles. The Morgan fingerprint density at radius 3 is 2.71 bits per heavy atom. The largest absolute Gasteiger partial charge is 0.384 e. The molecule has 5 heteroatoms. The molecule has 3 nitrogen and oxygen atoms in total. The van der Waals surface area contributed by atoms with Gasteiger partial charge in [-0.25, -0.2) is 8.78 Å². The van der Waals surface area contributed by atoms with Crippen LogP contribution in [0.2, 0.25) is 0 Å². The van der Waals surface area contributed by atoms with Crippen LogP contribution in [0.5, 0.6) is 0 Å². The summed E-state index contributed by atoms with van der Waals surface area (Å²) >= 11 is 0. The average molecular weight is 289 g/mol. The summed E-state index contributed by atoms with van der Waals surface area (Å²) < 4.78 is 26.6. The number of hydrogen-bond acceptors (Lipinski definition) is 2. The quantitative estimate of drug-likeness (QED) is 0.891. The van der Waals surface area contributed by atoms with E-state index in [0.717, 1.165) is 24.1 Å². The monoisotopic (exact) mass is 289 g/mol. The van der Waals surface area contributed by atoms with E-state index in [9.17, 15) is 18.7 Å². The smallest absolute Gasteiger partial charge is 0.251 e. The van der Waals surface area contributed by atoms with Gasteiger partial charge in [0.05, 0.1) is 0 Å². The van der Waals surface area contributed by atoms with Gasteiger partial charge >= 0.3 is 0 Å². The van der Waals surface area contributed by atoms with Crippen molar-refractivity contribution >= 4 is 5.91 Å². The highest BCUT2D eigenvalue weighted by atomic mass is 19.1. The Labute approximate surface area is 120 Å². The van der Waals surface area contributed by atoms with E-state index in [1.807, 2.05) is 0 Å². The fourth-order valence-electron chi connectivity index (χ4n) is 2.50. The molecule has 0 saturated carbocycles. The molecular weight excluding hydrogens is 276 g/mol. The van der Waals surface area contributed by atoms with Crippen molar-refractivity contribution in [1.82, 2.24) is 5.32 Å². The Morgan fingerprint density at radius 1 is 1.14 bits per heavy atom. The van der Waals surface area contributed by atoms with E-state index in [-0.39, 0.29) is 11.5 Å². The molecular formula is C16H13F2NO2. The lowest BCUT2D eigenvalue weighted by atomic mass is 9.93. The standard InChI is InChI=1S/C16H13F2NO2/c17-11-3-4-12(14(18)8-11)15(20)10-2-1-9-5-6-19-16(21)13(9)7-10/h1-4,7-8,15,20H,5-6H2,(H,19,21). The van der Waals surface area contributed by atoms with Crippen LogP contribution >= 0.6 is 0 Å². The Kier molecular flexibility index (Phi) is 3.43. The summed E-state index contributed by atoms with van der Waals surface area (Å²) in [6.45, 7) is 0.584. The summed E-state index contributed by atoms with van der Waals surface area (Å²) in [6.07, 6.45) is -0.520. The van der Waals surface area contributed by atoms with Crippen LogP contribution in [0, 0.1) is 11.6 Å². The maximum Gasteiger partial charge on any atom is 0.251 e. The summed E-state index contributed by atoms with van der Waals surface area (Å²) in [5.41, 5.74) is 1.76. The number of rotatable bonds is 2. The predicted molar refractivity (Wildman–Crippen MR) is 72.9 cm³/mol. The first-order valence-corrected chi connectivity index (χ1v) is 6.60. The van der Waals surface area contributed by atoms with Gasteiger partial charge in [0, 0.05) is 23.7 Å². The molecule has 0 spiro atoms. The molecule has 21 heavy (non-hydrogen) atoms. The molecule has 0 aliphatic carbocycles. The summed E-state index contributed by atoms with van der Waals surface area (Å²) in [7, 11) is 0. The van der Waals surface area contributed by atoms with Crippen molar-refractivity contribution in [1.29, 1.82) is 0 Å². The molecule has 1 unspecified atom stereocenters. The molecule has 0 radical (unpaired) electrons. The highest BCUT2D eigenvalue weighted by molar-refractivity contribution is 5.96. The lowest BCUT2D eigenvalue weighted by Crippen LogP contribution is -2.31. The van der Waals surface area contributed by atoms with E-state index in [1.54, 1.807) is 18.2 Å². The van der Waals surface area contributed by atoms with Gasteiger partial charge in [-0.3, -0.25) is 4.79 Å². The number of carbonyl (C=O) groups is 1. The highest BCUT2D eigenvalue weighted by Crippen LogP contribution is 2.27. The van der Waals surface area contributed by atoms with Crippen LogP contribution in [0.25, 0.3) is 0 Å². The topological polar surface area (TPSA) is 49.3 Å². The molecule has 0 bridgehead atoms. The third-order valence-corrected chi connectivity index (χ3v) is 3.63. The lowest BCUT2D eigenvalue weighted by molar-refractivity contribution is 0.0945. The van der Waals surface area contributed by atoms with Crippen molar-refractivity contribution < 1.29 is 18.7 Å². The second-order valence-corrected chi connectivity index (χ2v) is 4.99. The number of carbonyl (C=O) groups excluding carboxylic acids is 1. The van der Waals surface area contributed by atoms with Gasteiger partial charge in [0.2, 0.25) is 0 Å². The van der Waals surface area contributed by atoms with Crippen molar-refractivity contribution in [2.24, 2.45) is 0 Å². The van der Waals surface area contributed by atoms with Gasteiger partial charge in [0.15, 0.2) is 0 Å². The second-order valence-electron chi connectivity index (χ2n) is 4.99. The van der Waals surface area contributed by atoms with Gasteiger partial charge in [-0.15, -0.1) is 0 Å². The number of aliphatic hydroxyl groups excluding tert-OH is 1. The maximum atomic E-state index is 13.7. The first-order valence-electron chi connectivity index (χ1n) is 6.60. The number of aliphatic hydroxyl groups is 1. The third-order valence-electron chi connectivity index (χ3n) is 3.63. The van der Waals surface area contributed by atoms with Crippen molar-refractivity contribution in [2.75, 3.05) is 6.54 Å². The lowest BCUT2D eigenvalue weighted by Gasteiger charge is -2.19. The molecule has 0 fully saturated rings. The molecule has 1 aliphatic rings. The Hall–Kier alpha value is -2.27. The van der Waals surface area contributed by atoms with Crippen molar-refractivity contribution in [3.63, 3.8) is 0 Å². The molecule has 108 valence electrons. The minimum atomic E-state index is -1.24. The molecule has 3 rings (SSSR count). The maximum absolute atomic E-state index is 13.7. The van der Waals surface area contributed by atoms with Crippen molar-refractivity contribution in [2.45, 2.75) is 12.5 Å². The minimum absolute atomic E-state index is 0.0208. The van der Waals surface area contributed by atoms with Crippen LogP contribution < -0.4 is 5.32 Å². The van der Waals surface area contributed by atoms with Crippen molar-refractivity contribution in [3.05, 3.63) is 70.3 Å². The molecule has 0 saturated heterocycles. The molecule has 0 aromatic heterocycles. The molecule has 2 aromatic carbocycles. The predicted octanol–water partition coefficient (Wildman–Crippen LogP) is 2.33. The van der Waals surface area contributed by atoms with E-state index in [2.05, 4.69) is 5.32 Å². The summed E-state index contributed by atoms with van der Waals surface area (Å²) in [6, 6.07) is 7.99. The van der Waals surface area contributed by atoms with E-state index >= 15 is 0 Å². The van der Waals surface area contributed by atoms with Gasteiger partial charge in [-0.1, -0.05) is 18.2 Å². The second kappa shape index (κ2) is 5.26. The first-order chi connectivity index (χ1) is 10.1. The molecule has 1 amide bonds. The Balaban J connectivity index is 2.00. The van der Waals surface area contributed by atoms with Gasteiger partial charge < -0.3 is 10.4 Å². The fourth-order valence-corrected chi connectivity index (χ4v) is 2.50. The third kappa shape index (κ3) is 2.52. The molecule has 1 heterocycles. The molecule has 2 N–H and O–H groups in total. The average Bonchev–Trinajstić information content (AvgIpc) is 2.47.